The molecule has 1 aromatic carbocycles. The third kappa shape index (κ3) is 3.66. The van der Waals surface area contributed by atoms with Gasteiger partial charge in [-0.05, 0) is 56.1 Å². The van der Waals surface area contributed by atoms with E-state index in [1.807, 2.05) is 30.6 Å². The molecular weight excluding hydrogens is 430 g/mol. The van der Waals surface area contributed by atoms with E-state index in [0.717, 1.165) is 44.0 Å². The van der Waals surface area contributed by atoms with Crippen molar-refractivity contribution in [2.24, 2.45) is 5.41 Å². The summed E-state index contributed by atoms with van der Waals surface area (Å²) in [7, 11) is 0. The number of hydrogen-bond acceptors (Lipinski definition) is 6. The number of nitrogens with one attached hydrogen (secondary N) is 1. The molecule has 0 radical (unpaired) electrons. The minimum atomic E-state index is -0.572. The first-order valence-corrected chi connectivity index (χ1v) is 12.1. The van der Waals surface area contributed by atoms with Crippen LogP contribution in [-0.2, 0) is 22.7 Å². The highest BCUT2D eigenvalue weighted by atomic mass is 16.2. The van der Waals surface area contributed by atoms with Gasteiger partial charge in [0.15, 0.2) is 0 Å². The summed E-state index contributed by atoms with van der Waals surface area (Å²) in [6.45, 7) is 5.60. The van der Waals surface area contributed by atoms with E-state index in [9.17, 15) is 14.4 Å². The number of carbonyl (C=O) groups excluding carboxylic acids is 3. The molecule has 6 rings (SSSR count). The highest BCUT2D eigenvalue weighted by Gasteiger charge is 2.47. The summed E-state index contributed by atoms with van der Waals surface area (Å²) < 4.78 is 0. The van der Waals surface area contributed by atoms with Crippen molar-refractivity contribution in [2.75, 3.05) is 31.1 Å². The van der Waals surface area contributed by atoms with Gasteiger partial charge in [0.2, 0.25) is 11.8 Å². The Morgan fingerprint density at radius 3 is 2.62 bits per heavy atom. The van der Waals surface area contributed by atoms with Crippen molar-refractivity contribution in [1.29, 1.82) is 0 Å². The molecular formula is C26H29N5O3. The van der Waals surface area contributed by atoms with Crippen molar-refractivity contribution >= 4 is 23.4 Å². The van der Waals surface area contributed by atoms with E-state index in [4.69, 9.17) is 0 Å². The maximum Gasteiger partial charge on any atom is 0.255 e. The van der Waals surface area contributed by atoms with Gasteiger partial charge in [0.1, 0.15) is 6.04 Å². The Bertz CT molecular complexity index is 1130. The van der Waals surface area contributed by atoms with Gasteiger partial charge in [-0.25, -0.2) is 0 Å². The van der Waals surface area contributed by atoms with Crippen molar-refractivity contribution in [2.45, 2.75) is 44.8 Å². The number of nitrogens with zero attached hydrogens (tertiary/aromatic N) is 4. The summed E-state index contributed by atoms with van der Waals surface area (Å²) in [5.41, 5.74) is 4.43. The van der Waals surface area contributed by atoms with Gasteiger partial charge in [0.05, 0.1) is 0 Å². The summed E-state index contributed by atoms with van der Waals surface area (Å²) in [5, 5.41) is 2.38. The smallest absolute Gasteiger partial charge is 0.255 e. The Morgan fingerprint density at radius 1 is 1.06 bits per heavy atom. The number of likely N-dealkylation sites (tertiary alicyclic amines) is 1. The van der Waals surface area contributed by atoms with Crippen LogP contribution in [-0.4, -0.2) is 64.7 Å². The second kappa shape index (κ2) is 8.20. The lowest BCUT2D eigenvalue weighted by molar-refractivity contribution is -0.136. The molecule has 176 valence electrons. The molecule has 1 spiro atoms. The number of aromatic nitrogens is 1. The SMILES string of the molecule is O=C1CCC(N2Cc3c(cccc3N3CC4(CCN(Cc5cccnc5)CC4)C3)C2=O)C(=O)N1. The fourth-order valence-corrected chi connectivity index (χ4v) is 6.05. The van der Waals surface area contributed by atoms with Crippen LogP contribution in [0.3, 0.4) is 0 Å². The first-order chi connectivity index (χ1) is 16.5. The first kappa shape index (κ1) is 21.3. The Kier molecular flexibility index (Phi) is 5.13. The summed E-state index contributed by atoms with van der Waals surface area (Å²) in [6.07, 6.45) is 6.79. The summed E-state index contributed by atoms with van der Waals surface area (Å²) in [4.78, 5) is 47.8. The molecule has 5 heterocycles. The zero-order valence-electron chi connectivity index (χ0n) is 19.2. The van der Waals surface area contributed by atoms with Crippen LogP contribution in [0.4, 0.5) is 5.69 Å². The van der Waals surface area contributed by atoms with E-state index in [0.29, 0.717) is 23.9 Å². The fourth-order valence-electron chi connectivity index (χ4n) is 6.05. The fraction of sp³-hybridized carbons (Fsp3) is 0.462. The molecule has 3 amide bonds. The van der Waals surface area contributed by atoms with Crippen molar-refractivity contribution in [1.82, 2.24) is 20.1 Å². The lowest BCUT2D eigenvalue weighted by atomic mass is 9.71. The predicted molar refractivity (Wildman–Crippen MR) is 126 cm³/mol. The van der Waals surface area contributed by atoms with Gasteiger partial charge in [0.25, 0.3) is 5.91 Å². The molecule has 2 aromatic rings. The third-order valence-corrected chi connectivity index (χ3v) is 8.00. The molecule has 4 aliphatic heterocycles. The van der Waals surface area contributed by atoms with E-state index in [1.165, 1.54) is 18.4 Å². The minimum absolute atomic E-state index is 0.106. The molecule has 1 aromatic heterocycles. The highest BCUT2D eigenvalue weighted by Crippen LogP contribution is 2.45. The molecule has 3 saturated heterocycles. The number of carbonyl (C=O) groups is 3. The van der Waals surface area contributed by atoms with Gasteiger partial charge < -0.3 is 9.80 Å². The maximum absolute atomic E-state index is 13.1. The van der Waals surface area contributed by atoms with E-state index in [-0.39, 0.29) is 24.1 Å². The second-order valence-corrected chi connectivity index (χ2v) is 10.2. The standard InChI is InChI=1S/C26H29N5O3/c32-23-7-6-22(24(33)28-23)31-15-20-19(25(31)34)4-1-5-21(20)30-16-26(17-30)8-11-29(12-9-26)14-18-3-2-10-27-13-18/h1-5,10,13,22H,6-9,11-12,14-17H2,(H,28,32,33). The van der Waals surface area contributed by atoms with Gasteiger partial charge in [-0.1, -0.05) is 12.1 Å². The van der Waals surface area contributed by atoms with Gasteiger partial charge in [-0.15, -0.1) is 0 Å². The van der Waals surface area contributed by atoms with Crippen LogP contribution in [0.5, 0.6) is 0 Å². The molecule has 1 N–H and O–H groups in total. The predicted octanol–water partition coefficient (Wildman–Crippen LogP) is 1.95. The lowest BCUT2D eigenvalue weighted by Crippen LogP contribution is -2.60. The Labute approximate surface area is 198 Å². The van der Waals surface area contributed by atoms with Gasteiger partial charge >= 0.3 is 0 Å². The van der Waals surface area contributed by atoms with Crippen molar-refractivity contribution in [3.05, 3.63) is 59.4 Å². The van der Waals surface area contributed by atoms with E-state index >= 15 is 0 Å². The van der Waals surface area contributed by atoms with Gasteiger partial charge in [-0.3, -0.25) is 29.6 Å². The molecule has 1 atom stereocenters. The Balaban J connectivity index is 1.11. The van der Waals surface area contributed by atoms with Gasteiger partial charge in [0, 0.05) is 67.2 Å². The molecule has 8 nitrogen and oxygen atoms in total. The number of hydrogen-bond donors (Lipinski definition) is 1. The zero-order valence-corrected chi connectivity index (χ0v) is 19.2. The van der Waals surface area contributed by atoms with Crippen LogP contribution in [0.1, 0.15) is 47.2 Å². The molecule has 34 heavy (non-hydrogen) atoms. The van der Waals surface area contributed by atoms with Crippen LogP contribution in [0, 0.1) is 5.41 Å². The van der Waals surface area contributed by atoms with Gasteiger partial charge in [-0.2, -0.15) is 0 Å². The van der Waals surface area contributed by atoms with Crippen LogP contribution in [0.15, 0.2) is 42.7 Å². The topological polar surface area (TPSA) is 85.9 Å². The molecule has 0 saturated carbocycles. The largest absolute Gasteiger partial charge is 0.370 e. The zero-order chi connectivity index (χ0) is 23.3. The number of imide groups is 1. The molecule has 0 bridgehead atoms. The van der Waals surface area contributed by atoms with E-state index in [1.54, 1.807) is 4.90 Å². The second-order valence-electron chi connectivity index (χ2n) is 10.2. The average Bonchev–Trinajstić information content (AvgIpc) is 3.15. The van der Waals surface area contributed by atoms with Crippen LogP contribution >= 0.6 is 0 Å². The number of pyridine rings is 1. The highest BCUT2D eigenvalue weighted by molar-refractivity contribution is 6.06. The quantitative estimate of drug-likeness (QED) is 0.704. The minimum Gasteiger partial charge on any atom is -0.370 e. The lowest BCUT2D eigenvalue weighted by Gasteiger charge is -2.55. The third-order valence-electron chi connectivity index (χ3n) is 8.00. The number of piperidine rings is 2. The summed E-state index contributed by atoms with van der Waals surface area (Å²) >= 11 is 0. The number of benzene rings is 1. The molecule has 0 aliphatic carbocycles. The Morgan fingerprint density at radius 2 is 1.88 bits per heavy atom. The van der Waals surface area contributed by atoms with E-state index < -0.39 is 6.04 Å². The average molecular weight is 460 g/mol. The normalized spacial score (nSPS) is 24.2. The van der Waals surface area contributed by atoms with Crippen molar-refractivity contribution in [3.8, 4) is 0 Å². The number of fused-ring (bicyclic) bond motifs is 1. The number of rotatable bonds is 4. The summed E-state index contributed by atoms with van der Waals surface area (Å²) in [5.74, 6) is -0.728. The Hall–Kier alpha value is -3.26. The monoisotopic (exact) mass is 459 g/mol. The molecule has 3 fully saturated rings. The van der Waals surface area contributed by atoms with Crippen molar-refractivity contribution in [3.63, 3.8) is 0 Å². The number of anilines is 1. The molecule has 1 unspecified atom stereocenters. The number of amides is 3. The van der Waals surface area contributed by atoms with Crippen molar-refractivity contribution < 1.29 is 14.4 Å². The maximum atomic E-state index is 13.1. The van der Waals surface area contributed by atoms with Crippen LogP contribution in [0.25, 0.3) is 0 Å². The first-order valence-electron chi connectivity index (χ1n) is 12.1. The van der Waals surface area contributed by atoms with Crippen LogP contribution < -0.4 is 10.2 Å². The van der Waals surface area contributed by atoms with Crippen LogP contribution in [0.2, 0.25) is 0 Å². The molecule has 8 heteroatoms. The molecule has 4 aliphatic rings. The summed E-state index contributed by atoms with van der Waals surface area (Å²) in [6, 6.07) is 9.47. The van der Waals surface area contributed by atoms with E-state index in [2.05, 4.69) is 32.2 Å².